The molecular weight excluding hydrogens is 234 g/mol. The Labute approximate surface area is 113 Å². The molecule has 1 aromatic rings. The van der Waals surface area contributed by atoms with Crippen LogP contribution in [0.1, 0.15) is 38.8 Å². The first-order valence-electron chi connectivity index (χ1n) is 7.23. The molecule has 0 saturated heterocycles. The van der Waals surface area contributed by atoms with Crippen LogP contribution in [0, 0.1) is 5.92 Å². The zero-order chi connectivity index (χ0) is 13.4. The Morgan fingerprint density at radius 1 is 1.17 bits per heavy atom. The van der Waals surface area contributed by atoms with Crippen LogP contribution >= 0.6 is 0 Å². The van der Waals surface area contributed by atoms with Crippen LogP contribution in [0.2, 0.25) is 25.2 Å². The average Bonchev–Trinajstić information content (AvgIpc) is 2.79. The van der Waals surface area contributed by atoms with E-state index in [2.05, 4.69) is 50.6 Å². The molecule has 0 bridgehead atoms. The third kappa shape index (κ3) is 2.69. The van der Waals surface area contributed by atoms with E-state index in [0.29, 0.717) is 0 Å². The van der Waals surface area contributed by atoms with E-state index < -0.39 is 8.07 Å². The lowest BCUT2D eigenvalue weighted by atomic mass is 9.75. The molecule has 0 aromatic carbocycles. The van der Waals surface area contributed by atoms with E-state index in [-0.39, 0.29) is 5.41 Å². The summed E-state index contributed by atoms with van der Waals surface area (Å²) in [6.45, 7) is 12.3. The van der Waals surface area contributed by atoms with Crippen LogP contribution in [0.5, 0.6) is 0 Å². The molecule has 1 aromatic heterocycles. The van der Waals surface area contributed by atoms with Crippen molar-refractivity contribution in [3.8, 4) is 0 Å². The third-order valence-electron chi connectivity index (χ3n) is 5.00. The van der Waals surface area contributed by atoms with Crippen LogP contribution in [0.15, 0.2) is 24.4 Å². The fourth-order valence-electron chi connectivity index (χ4n) is 3.38. The minimum Gasteiger partial charge on any atom is -0.261 e. The van der Waals surface area contributed by atoms with E-state index in [1.807, 2.05) is 12.3 Å². The van der Waals surface area contributed by atoms with Gasteiger partial charge in [-0.1, -0.05) is 46.0 Å². The van der Waals surface area contributed by atoms with Gasteiger partial charge in [0, 0.05) is 25.4 Å². The monoisotopic (exact) mass is 261 g/mol. The predicted octanol–water partition coefficient (Wildman–Crippen LogP) is 4.87. The van der Waals surface area contributed by atoms with Gasteiger partial charge >= 0.3 is 0 Å². The van der Waals surface area contributed by atoms with Crippen molar-refractivity contribution in [2.75, 3.05) is 0 Å². The van der Waals surface area contributed by atoms with Gasteiger partial charge in [0.05, 0.1) is 0 Å². The predicted molar refractivity (Wildman–Crippen MR) is 81.7 cm³/mol. The van der Waals surface area contributed by atoms with Gasteiger partial charge in [-0.15, -0.1) is 0 Å². The zero-order valence-corrected chi connectivity index (χ0v) is 13.5. The summed E-state index contributed by atoms with van der Waals surface area (Å²) in [5.74, 6) is 0.809. The number of hydrogen-bond donors (Lipinski definition) is 0. The highest BCUT2D eigenvalue weighted by Gasteiger charge is 2.41. The molecule has 0 amide bonds. The summed E-state index contributed by atoms with van der Waals surface area (Å²) in [4.78, 5) is 4.59. The van der Waals surface area contributed by atoms with Crippen molar-refractivity contribution in [2.45, 2.75) is 63.7 Å². The Morgan fingerprint density at radius 2 is 1.89 bits per heavy atom. The molecule has 2 rings (SSSR count). The molecule has 1 aliphatic rings. The van der Waals surface area contributed by atoms with Crippen molar-refractivity contribution < 1.29 is 0 Å². The van der Waals surface area contributed by atoms with Crippen molar-refractivity contribution in [3.63, 3.8) is 0 Å². The minimum atomic E-state index is -0.966. The lowest BCUT2D eigenvalue weighted by Crippen LogP contribution is -2.30. The topological polar surface area (TPSA) is 12.9 Å². The molecule has 0 radical (unpaired) electrons. The number of aromatic nitrogens is 1. The molecule has 1 heterocycles. The summed E-state index contributed by atoms with van der Waals surface area (Å²) in [6.07, 6.45) is 6.18. The van der Waals surface area contributed by atoms with E-state index in [0.717, 1.165) is 11.5 Å². The molecule has 100 valence electrons. The Balaban J connectivity index is 2.14. The van der Waals surface area contributed by atoms with E-state index in [1.54, 1.807) is 0 Å². The van der Waals surface area contributed by atoms with Gasteiger partial charge in [0.1, 0.15) is 0 Å². The van der Waals surface area contributed by atoms with Gasteiger partial charge < -0.3 is 0 Å². The lowest BCUT2D eigenvalue weighted by Gasteiger charge is -2.32. The summed E-state index contributed by atoms with van der Waals surface area (Å²) in [7, 11) is -0.966. The third-order valence-corrected chi connectivity index (χ3v) is 7.98. The Morgan fingerprint density at radius 3 is 2.39 bits per heavy atom. The molecule has 1 aliphatic carbocycles. The van der Waals surface area contributed by atoms with Gasteiger partial charge in [-0.3, -0.25) is 4.98 Å². The minimum absolute atomic E-state index is 0.232. The first kappa shape index (κ1) is 13.8. The Kier molecular flexibility index (Phi) is 3.68. The maximum Gasteiger partial charge on any atom is 0.0473 e. The van der Waals surface area contributed by atoms with Crippen LogP contribution in [0.25, 0.3) is 0 Å². The second-order valence-corrected chi connectivity index (χ2v) is 13.1. The molecule has 2 unspecified atom stereocenters. The van der Waals surface area contributed by atoms with Crippen molar-refractivity contribution in [2.24, 2.45) is 5.92 Å². The fraction of sp³-hybridized carbons (Fsp3) is 0.688. The van der Waals surface area contributed by atoms with Crippen molar-refractivity contribution in [1.29, 1.82) is 0 Å². The molecular formula is C16H27NSi. The normalized spacial score (nSPS) is 25.4. The van der Waals surface area contributed by atoms with E-state index >= 15 is 0 Å². The fourth-order valence-corrected chi connectivity index (χ4v) is 5.40. The van der Waals surface area contributed by atoms with Crippen molar-refractivity contribution in [1.82, 2.24) is 4.98 Å². The first-order valence-corrected chi connectivity index (χ1v) is 10.8. The van der Waals surface area contributed by atoms with Gasteiger partial charge in [-0.2, -0.15) is 0 Å². The molecule has 18 heavy (non-hydrogen) atoms. The van der Waals surface area contributed by atoms with Crippen LogP contribution in [0.4, 0.5) is 0 Å². The molecule has 0 spiro atoms. The summed E-state index contributed by atoms with van der Waals surface area (Å²) >= 11 is 0. The number of rotatable bonds is 3. The second-order valence-electron chi connectivity index (χ2n) is 7.51. The SMILES string of the molecule is CC(C)(c1ccccn1)C1CCC([Si](C)(C)C)C1. The summed E-state index contributed by atoms with van der Waals surface area (Å²) in [5.41, 5.74) is 2.51. The number of nitrogens with zero attached hydrogens (tertiary/aromatic N) is 1. The maximum atomic E-state index is 4.59. The van der Waals surface area contributed by atoms with Crippen LogP contribution in [0.3, 0.4) is 0 Å². The lowest BCUT2D eigenvalue weighted by molar-refractivity contribution is 0.317. The average molecular weight is 261 g/mol. The highest BCUT2D eigenvalue weighted by atomic mass is 28.3. The molecule has 1 fully saturated rings. The van der Waals surface area contributed by atoms with E-state index in [1.165, 1.54) is 25.0 Å². The smallest absolute Gasteiger partial charge is 0.0473 e. The van der Waals surface area contributed by atoms with Crippen LogP contribution in [-0.2, 0) is 5.41 Å². The Bertz CT molecular complexity index is 391. The van der Waals surface area contributed by atoms with Gasteiger partial charge in [0.25, 0.3) is 0 Å². The zero-order valence-electron chi connectivity index (χ0n) is 12.5. The molecule has 1 saturated carbocycles. The standard InChI is InChI=1S/C16H27NSi/c1-16(2,15-8-6-7-11-17-15)13-9-10-14(12-13)18(3,4)5/h6-8,11,13-14H,9-10,12H2,1-5H3. The van der Waals surface area contributed by atoms with Crippen LogP contribution in [-0.4, -0.2) is 13.1 Å². The molecule has 0 aliphatic heterocycles. The quantitative estimate of drug-likeness (QED) is 0.708. The summed E-state index contributed by atoms with van der Waals surface area (Å²) in [5, 5.41) is 0. The van der Waals surface area contributed by atoms with Gasteiger partial charge in [0.15, 0.2) is 0 Å². The molecule has 2 atom stereocenters. The van der Waals surface area contributed by atoms with Gasteiger partial charge in [0.2, 0.25) is 0 Å². The largest absolute Gasteiger partial charge is 0.261 e. The van der Waals surface area contributed by atoms with Crippen LogP contribution < -0.4 is 0 Å². The highest BCUT2D eigenvalue weighted by Crippen LogP contribution is 2.49. The van der Waals surface area contributed by atoms with Crippen molar-refractivity contribution >= 4 is 8.07 Å². The Hall–Kier alpha value is -0.633. The van der Waals surface area contributed by atoms with E-state index in [4.69, 9.17) is 0 Å². The summed E-state index contributed by atoms with van der Waals surface area (Å²) in [6, 6.07) is 6.33. The second kappa shape index (κ2) is 4.80. The maximum absolute atomic E-state index is 4.59. The van der Waals surface area contributed by atoms with E-state index in [9.17, 15) is 0 Å². The summed E-state index contributed by atoms with van der Waals surface area (Å²) < 4.78 is 0. The molecule has 0 N–H and O–H groups in total. The number of pyridine rings is 1. The highest BCUT2D eigenvalue weighted by molar-refractivity contribution is 6.77. The molecule has 1 nitrogen and oxygen atoms in total. The van der Waals surface area contributed by atoms with Gasteiger partial charge in [-0.05, 0) is 36.4 Å². The molecule has 2 heteroatoms. The van der Waals surface area contributed by atoms with Gasteiger partial charge in [-0.25, -0.2) is 0 Å². The van der Waals surface area contributed by atoms with Crippen molar-refractivity contribution in [3.05, 3.63) is 30.1 Å². The number of hydrogen-bond acceptors (Lipinski definition) is 1. The first-order chi connectivity index (χ1) is 8.32.